The molecule has 0 aliphatic rings. The first-order chi connectivity index (χ1) is 7.66. The van der Waals surface area contributed by atoms with Gasteiger partial charge in [0.1, 0.15) is 0 Å². The molecule has 0 radical (unpaired) electrons. The summed E-state index contributed by atoms with van der Waals surface area (Å²) in [7, 11) is 0. The van der Waals surface area contributed by atoms with Crippen molar-refractivity contribution >= 4 is 12.4 Å². The topological polar surface area (TPSA) is 26.0 Å². The van der Waals surface area contributed by atoms with Crippen molar-refractivity contribution in [3.05, 3.63) is 70.8 Å². The lowest BCUT2D eigenvalue weighted by Crippen LogP contribution is -2.11. The standard InChI is InChI=1S/C15H17N.ClH/c1-11-3-7-13(8-4-11)15(16)14-9-5-12(2)6-10-14;/h3-10,15H,16H2,1-2H3;1H. The van der Waals surface area contributed by atoms with Crippen LogP contribution >= 0.6 is 12.4 Å². The van der Waals surface area contributed by atoms with E-state index in [1.807, 2.05) is 0 Å². The third-order valence-electron chi connectivity index (χ3n) is 2.87. The molecule has 0 amide bonds. The summed E-state index contributed by atoms with van der Waals surface area (Å²) >= 11 is 0. The highest BCUT2D eigenvalue weighted by Gasteiger charge is 2.07. The lowest BCUT2D eigenvalue weighted by atomic mass is 9.98. The van der Waals surface area contributed by atoms with E-state index in [0.29, 0.717) is 0 Å². The minimum Gasteiger partial charge on any atom is -0.320 e. The van der Waals surface area contributed by atoms with Crippen LogP contribution in [0.2, 0.25) is 0 Å². The molecule has 0 unspecified atom stereocenters. The predicted octanol–water partition coefficient (Wildman–Crippen LogP) is 3.77. The van der Waals surface area contributed by atoms with Crippen LogP contribution in [0.25, 0.3) is 0 Å². The fourth-order valence-electron chi connectivity index (χ4n) is 1.74. The second-order valence-corrected chi connectivity index (χ2v) is 4.30. The largest absolute Gasteiger partial charge is 0.320 e. The fourth-order valence-corrected chi connectivity index (χ4v) is 1.74. The Bertz CT molecular complexity index is 414. The van der Waals surface area contributed by atoms with Crippen LogP contribution in [0.15, 0.2) is 48.5 Å². The molecule has 0 aliphatic heterocycles. The molecule has 0 spiro atoms. The average Bonchev–Trinajstić information content (AvgIpc) is 2.30. The van der Waals surface area contributed by atoms with E-state index in [-0.39, 0.29) is 18.4 Å². The van der Waals surface area contributed by atoms with Crippen molar-refractivity contribution in [2.24, 2.45) is 5.73 Å². The molecule has 2 rings (SSSR count). The van der Waals surface area contributed by atoms with Crippen molar-refractivity contribution in [3.8, 4) is 0 Å². The SMILES string of the molecule is Cc1ccc(C(N)c2ccc(C)cc2)cc1.Cl. The first kappa shape index (κ1) is 13.8. The van der Waals surface area contributed by atoms with Gasteiger partial charge in [0, 0.05) is 0 Å². The summed E-state index contributed by atoms with van der Waals surface area (Å²) in [4.78, 5) is 0. The van der Waals surface area contributed by atoms with Gasteiger partial charge in [-0.2, -0.15) is 0 Å². The first-order valence-electron chi connectivity index (χ1n) is 5.55. The summed E-state index contributed by atoms with van der Waals surface area (Å²) in [6, 6.07) is 16.8. The highest BCUT2D eigenvalue weighted by atomic mass is 35.5. The summed E-state index contributed by atoms with van der Waals surface area (Å²) in [5, 5.41) is 0. The van der Waals surface area contributed by atoms with Gasteiger partial charge in [0.05, 0.1) is 6.04 Å². The molecule has 2 heteroatoms. The van der Waals surface area contributed by atoms with E-state index in [1.54, 1.807) is 0 Å². The molecule has 0 bridgehead atoms. The highest BCUT2D eigenvalue weighted by Crippen LogP contribution is 2.20. The molecule has 17 heavy (non-hydrogen) atoms. The summed E-state index contributed by atoms with van der Waals surface area (Å²) in [6.45, 7) is 4.17. The van der Waals surface area contributed by atoms with Gasteiger partial charge in [0.2, 0.25) is 0 Å². The molecule has 0 fully saturated rings. The number of hydrogen-bond acceptors (Lipinski definition) is 1. The van der Waals surface area contributed by atoms with Crippen LogP contribution in [0.4, 0.5) is 0 Å². The number of rotatable bonds is 2. The number of halogens is 1. The smallest absolute Gasteiger partial charge is 0.0551 e. The van der Waals surface area contributed by atoms with Crippen molar-refractivity contribution in [1.82, 2.24) is 0 Å². The van der Waals surface area contributed by atoms with Crippen LogP contribution in [-0.2, 0) is 0 Å². The Morgan fingerprint density at radius 1 is 0.706 bits per heavy atom. The zero-order valence-electron chi connectivity index (χ0n) is 10.2. The minimum atomic E-state index is -0.0267. The van der Waals surface area contributed by atoms with Gasteiger partial charge in [-0.05, 0) is 25.0 Å². The van der Waals surface area contributed by atoms with Gasteiger partial charge < -0.3 is 5.73 Å². The minimum absolute atomic E-state index is 0. The molecule has 2 aromatic rings. The van der Waals surface area contributed by atoms with E-state index in [2.05, 4.69) is 62.4 Å². The second-order valence-electron chi connectivity index (χ2n) is 4.30. The number of benzene rings is 2. The quantitative estimate of drug-likeness (QED) is 0.859. The molecule has 0 saturated heterocycles. The van der Waals surface area contributed by atoms with Crippen LogP contribution in [0, 0.1) is 13.8 Å². The molecule has 2 N–H and O–H groups in total. The maximum absolute atomic E-state index is 6.22. The van der Waals surface area contributed by atoms with Gasteiger partial charge in [-0.1, -0.05) is 59.7 Å². The van der Waals surface area contributed by atoms with E-state index in [0.717, 1.165) is 11.1 Å². The molecule has 1 nitrogen and oxygen atoms in total. The van der Waals surface area contributed by atoms with Crippen LogP contribution in [-0.4, -0.2) is 0 Å². The van der Waals surface area contributed by atoms with Gasteiger partial charge in [0.25, 0.3) is 0 Å². The van der Waals surface area contributed by atoms with Crippen molar-refractivity contribution in [3.63, 3.8) is 0 Å². The van der Waals surface area contributed by atoms with Gasteiger partial charge in [-0.25, -0.2) is 0 Å². The maximum atomic E-state index is 6.22. The third kappa shape index (κ3) is 3.32. The number of hydrogen-bond donors (Lipinski definition) is 1. The van der Waals surface area contributed by atoms with Gasteiger partial charge >= 0.3 is 0 Å². The fraction of sp³-hybridized carbons (Fsp3) is 0.200. The van der Waals surface area contributed by atoms with Crippen molar-refractivity contribution in [2.75, 3.05) is 0 Å². The number of nitrogens with two attached hydrogens (primary N) is 1. The van der Waals surface area contributed by atoms with Crippen molar-refractivity contribution in [1.29, 1.82) is 0 Å². The zero-order valence-corrected chi connectivity index (χ0v) is 11.0. The number of aryl methyl sites for hydroxylation is 2. The van der Waals surface area contributed by atoms with Crippen molar-refractivity contribution < 1.29 is 0 Å². The lowest BCUT2D eigenvalue weighted by molar-refractivity contribution is 0.870. The van der Waals surface area contributed by atoms with Gasteiger partial charge in [-0.15, -0.1) is 12.4 Å². The summed E-state index contributed by atoms with van der Waals surface area (Å²) in [5.41, 5.74) is 11.1. The van der Waals surface area contributed by atoms with E-state index in [4.69, 9.17) is 5.73 Å². The first-order valence-corrected chi connectivity index (χ1v) is 5.55. The highest BCUT2D eigenvalue weighted by molar-refractivity contribution is 5.85. The predicted molar refractivity (Wildman–Crippen MR) is 75.6 cm³/mol. The molecule has 0 heterocycles. The Kier molecular flexibility index (Phi) is 4.73. The third-order valence-corrected chi connectivity index (χ3v) is 2.87. The van der Waals surface area contributed by atoms with E-state index < -0.39 is 0 Å². The summed E-state index contributed by atoms with van der Waals surface area (Å²) < 4.78 is 0. The molecular formula is C15H18ClN. The van der Waals surface area contributed by atoms with Crippen LogP contribution < -0.4 is 5.73 Å². The Hall–Kier alpha value is -1.31. The molecule has 90 valence electrons. The Morgan fingerprint density at radius 3 is 1.29 bits per heavy atom. The molecule has 0 aliphatic carbocycles. The monoisotopic (exact) mass is 247 g/mol. The Labute approximate surface area is 109 Å². The molecule has 0 aromatic heterocycles. The molecule has 0 saturated carbocycles. The van der Waals surface area contributed by atoms with Gasteiger partial charge in [0.15, 0.2) is 0 Å². The Morgan fingerprint density at radius 2 is 1.00 bits per heavy atom. The Balaban J connectivity index is 0.00000144. The summed E-state index contributed by atoms with van der Waals surface area (Å²) in [5.74, 6) is 0. The molecule has 0 atom stereocenters. The normalized spacial score (nSPS) is 10.1. The van der Waals surface area contributed by atoms with E-state index in [1.165, 1.54) is 11.1 Å². The molecular weight excluding hydrogens is 230 g/mol. The van der Waals surface area contributed by atoms with E-state index in [9.17, 15) is 0 Å². The zero-order chi connectivity index (χ0) is 11.5. The van der Waals surface area contributed by atoms with E-state index >= 15 is 0 Å². The van der Waals surface area contributed by atoms with Crippen molar-refractivity contribution in [2.45, 2.75) is 19.9 Å². The summed E-state index contributed by atoms with van der Waals surface area (Å²) in [6.07, 6.45) is 0. The average molecular weight is 248 g/mol. The van der Waals surface area contributed by atoms with Crippen LogP contribution in [0.3, 0.4) is 0 Å². The lowest BCUT2D eigenvalue weighted by Gasteiger charge is -2.13. The maximum Gasteiger partial charge on any atom is 0.0551 e. The van der Waals surface area contributed by atoms with Crippen LogP contribution in [0.5, 0.6) is 0 Å². The molecule has 2 aromatic carbocycles. The van der Waals surface area contributed by atoms with Gasteiger partial charge in [-0.3, -0.25) is 0 Å². The second kappa shape index (κ2) is 5.85. The van der Waals surface area contributed by atoms with Crippen LogP contribution in [0.1, 0.15) is 28.3 Å².